The van der Waals surface area contributed by atoms with E-state index in [-0.39, 0.29) is 6.10 Å². The summed E-state index contributed by atoms with van der Waals surface area (Å²) >= 11 is 0. The number of aryl methyl sites for hydroxylation is 2. The maximum atomic E-state index is 5.95. The molecule has 1 saturated heterocycles. The fourth-order valence-electron chi connectivity index (χ4n) is 2.98. The highest BCUT2D eigenvalue weighted by Gasteiger charge is 2.31. The van der Waals surface area contributed by atoms with E-state index in [1.165, 1.54) is 11.4 Å². The predicted molar refractivity (Wildman–Crippen MR) is 79.6 cm³/mol. The van der Waals surface area contributed by atoms with Gasteiger partial charge in [0.15, 0.2) is 0 Å². The minimum atomic E-state index is 0.159. The van der Waals surface area contributed by atoms with Crippen molar-refractivity contribution in [2.45, 2.75) is 32.5 Å². The molecule has 6 heteroatoms. The first-order chi connectivity index (χ1) is 10.3. The molecule has 3 heterocycles. The first-order valence-electron chi connectivity index (χ1n) is 7.60. The van der Waals surface area contributed by atoms with Crippen molar-refractivity contribution in [1.29, 1.82) is 0 Å². The summed E-state index contributed by atoms with van der Waals surface area (Å²) in [5.74, 6) is 0.500. The fraction of sp³-hybridized carbons (Fsp3) is 0.600. The standard InChI is InChI=1S/C15H23N5O/c1-3-20-14(5-8-18-20)15-12(6-9-21-15)10-16-11-13-4-7-17-19(13)2/h4-5,7-8,12,15-16H,3,6,9-11H2,1-2H3/t12-,15+/m0/s1. The summed E-state index contributed by atoms with van der Waals surface area (Å²) in [5, 5.41) is 12.1. The number of ether oxygens (including phenoxy) is 1. The number of aromatic nitrogens is 4. The Labute approximate surface area is 125 Å². The highest BCUT2D eigenvalue weighted by molar-refractivity contribution is 5.08. The van der Waals surface area contributed by atoms with Crippen LogP contribution in [0.5, 0.6) is 0 Å². The third-order valence-corrected chi connectivity index (χ3v) is 4.19. The van der Waals surface area contributed by atoms with Crippen molar-refractivity contribution >= 4 is 0 Å². The van der Waals surface area contributed by atoms with Crippen molar-refractivity contribution in [2.75, 3.05) is 13.2 Å². The SMILES string of the molecule is CCn1nccc1[C@@H]1OCC[C@H]1CNCc1ccnn1C. The molecule has 1 aliphatic rings. The van der Waals surface area contributed by atoms with E-state index >= 15 is 0 Å². The molecule has 21 heavy (non-hydrogen) atoms. The molecule has 0 unspecified atom stereocenters. The molecule has 1 aliphatic heterocycles. The van der Waals surface area contributed by atoms with Gasteiger partial charge >= 0.3 is 0 Å². The maximum absolute atomic E-state index is 5.95. The van der Waals surface area contributed by atoms with Crippen molar-refractivity contribution < 1.29 is 4.74 Å². The van der Waals surface area contributed by atoms with Gasteiger partial charge in [-0.2, -0.15) is 10.2 Å². The molecule has 0 saturated carbocycles. The topological polar surface area (TPSA) is 56.9 Å². The highest BCUT2D eigenvalue weighted by atomic mass is 16.5. The molecule has 1 N–H and O–H groups in total. The lowest BCUT2D eigenvalue weighted by Gasteiger charge is -2.20. The number of hydrogen-bond acceptors (Lipinski definition) is 4. The average molecular weight is 289 g/mol. The Kier molecular flexibility index (Phi) is 4.36. The first-order valence-corrected chi connectivity index (χ1v) is 7.60. The number of nitrogens with zero attached hydrogens (tertiary/aromatic N) is 4. The number of rotatable bonds is 6. The van der Waals surface area contributed by atoms with Gasteiger partial charge in [-0.05, 0) is 25.5 Å². The molecule has 2 aromatic heterocycles. The molecule has 0 spiro atoms. The Hall–Kier alpha value is -1.66. The summed E-state index contributed by atoms with van der Waals surface area (Å²) in [4.78, 5) is 0. The summed E-state index contributed by atoms with van der Waals surface area (Å²) in [6.07, 6.45) is 4.95. The van der Waals surface area contributed by atoms with Gasteiger partial charge in [0.05, 0.1) is 11.4 Å². The van der Waals surface area contributed by atoms with Gasteiger partial charge in [-0.15, -0.1) is 0 Å². The Balaban J connectivity index is 1.58. The molecule has 0 aliphatic carbocycles. The summed E-state index contributed by atoms with van der Waals surface area (Å²) in [5.41, 5.74) is 2.39. The van der Waals surface area contributed by atoms with E-state index in [1.807, 2.05) is 34.9 Å². The molecule has 6 nitrogen and oxygen atoms in total. The number of nitrogens with one attached hydrogen (secondary N) is 1. The molecule has 0 amide bonds. The summed E-state index contributed by atoms with van der Waals surface area (Å²) < 4.78 is 9.88. The molecular weight excluding hydrogens is 266 g/mol. The van der Waals surface area contributed by atoms with Crippen molar-refractivity contribution in [2.24, 2.45) is 13.0 Å². The van der Waals surface area contributed by atoms with Gasteiger partial charge in [-0.3, -0.25) is 9.36 Å². The minimum absolute atomic E-state index is 0.159. The van der Waals surface area contributed by atoms with Crippen LogP contribution in [0.2, 0.25) is 0 Å². The summed E-state index contributed by atoms with van der Waals surface area (Å²) in [7, 11) is 1.97. The highest BCUT2D eigenvalue weighted by Crippen LogP contribution is 2.33. The van der Waals surface area contributed by atoms with Gasteiger partial charge in [0.2, 0.25) is 0 Å². The van der Waals surface area contributed by atoms with Crippen LogP contribution in [0.3, 0.4) is 0 Å². The van der Waals surface area contributed by atoms with Gasteiger partial charge in [-0.25, -0.2) is 0 Å². The van der Waals surface area contributed by atoms with Crippen molar-refractivity contribution in [1.82, 2.24) is 24.9 Å². The monoisotopic (exact) mass is 289 g/mol. The van der Waals surface area contributed by atoms with Crippen molar-refractivity contribution in [3.05, 3.63) is 35.9 Å². The zero-order chi connectivity index (χ0) is 14.7. The van der Waals surface area contributed by atoms with Crippen LogP contribution in [0, 0.1) is 5.92 Å². The average Bonchev–Trinajstić information content (AvgIpc) is 3.19. The van der Waals surface area contributed by atoms with E-state index in [2.05, 4.69) is 28.5 Å². The smallest absolute Gasteiger partial charge is 0.103 e. The van der Waals surface area contributed by atoms with Crippen LogP contribution >= 0.6 is 0 Å². The fourth-order valence-corrected chi connectivity index (χ4v) is 2.98. The second kappa shape index (κ2) is 6.41. The normalized spacial score (nSPS) is 22.0. The Morgan fingerprint density at radius 2 is 2.19 bits per heavy atom. The van der Waals surface area contributed by atoms with Crippen LogP contribution in [0.4, 0.5) is 0 Å². The van der Waals surface area contributed by atoms with Gasteiger partial charge in [0.1, 0.15) is 6.10 Å². The van der Waals surface area contributed by atoms with E-state index in [4.69, 9.17) is 4.74 Å². The molecule has 114 valence electrons. The van der Waals surface area contributed by atoms with Crippen LogP contribution < -0.4 is 5.32 Å². The van der Waals surface area contributed by atoms with Gasteiger partial charge in [0.25, 0.3) is 0 Å². The van der Waals surface area contributed by atoms with Crippen LogP contribution in [0.15, 0.2) is 24.5 Å². The lowest BCUT2D eigenvalue weighted by molar-refractivity contribution is 0.0829. The zero-order valence-corrected chi connectivity index (χ0v) is 12.7. The van der Waals surface area contributed by atoms with Crippen LogP contribution in [0.25, 0.3) is 0 Å². The van der Waals surface area contributed by atoms with Gasteiger partial charge < -0.3 is 10.1 Å². The van der Waals surface area contributed by atoms with E-state index in [0.29, 0.717) is 5.92 Å². The van der Waals surface area contributed by atoms with Crippen LogP contribution in [-0.4, -0.2) is 32.7 Å². The second-order valence-electron chi connectivity index (χ2n) is 5.49. The van der Waals surface area contributed by atoms with E-state index in [9.17, 15) is 0 Å². The molecule has 2 atom stereocenters. The first kappa shape index (κ1) is 14.3. The molecule has 0 bridgehead atoms. The lowest BCUT2D eigenvalue weighted by Crippen LogP contribution is -2.26. The molecule has 3 rings (SSSR count). The van der Waals surface area contributed by atoms with Crippen LogP contribution in [-0.2, 0) is 24.9 Å². The lowest BCUT2D eigenvalue weighted by atomic mass is 9.99. The summed E-state index contributed by atoms with van der Waals surface area (Å²) in [6, 6.07) is 4.12. The molecular formula is C15H23N5O. The Bertz CT molecular complexity index is 576. The molecule has 0 radical (unpaired) electrons. The third-order valence-electron chi connectivity index (χ3n) is 4.19. The Morgan fingerprint density at radius 1 is 1.33 bits per heavy atom. The zero-order valence-electron chi connectivity index (χ0n) is 12.7. The predicted octanol–water partition coefficient (Wildman–Crippen LogP) is 1.50. The minimum Gasteiger partial charge on any atom is -0.372 e. The van der Waals surface area contributed by atoms with E-state index < -0.39 is 0 Å². The molecule has 1 fully saturated rings. The van der Waals surface area contributed by atoms with Crippen molar-refractivity contribution in [3.8, 4) is 0 Å². The van der Waals surface area contributed by atoms with Crippen molar-refractivity contribution in [3.63, 3.8) is 0 Å². The second-order valence-corrected chi connectivity index (χ2v) is 5.49. The van der Waals surface area contributed by atoms with Gasteiger partial charge in [-0.1, -0.05) is 0 Å². The molecule has 2 aromatic rings. The quantitative estimate of drug-likeness (QED) is 0.875. The number of hydrogen-bond donors (Lipinski definition) is 1. The third kappa shape index (κ3) is 3.01. The van der Waals surface area contributed by atoms with Crippen LogP contribution in [0.1, 0.15) is 30.8 Å². The van der Waals surface area contributed by atoms with Gasteiger partial charge in [0, 0.05) is 51.6 Å². The molecule has 0 aromatic carbocycles. The maximum Gasteiger partial charge on any atom is 0.103 e. The summed E-state index contributed by atoms with van der Waals surface area (Å²) in [6.45, 7) is 5.62. The van der Waals surface area contributed by atoms with E-state index in [0.717, 1.165) is 32.7 Å². The van der Waals surface area contributed by atoms with E-state index in [1.54, 1.807) is 0 Å². The Morgan fingerprint density at radius 3 is 2.95 bits per heavy atom. The largest absolute Gasteiger partial charge is 0.372 e.